The summed E-state index contributed by atoms with van der Waals surface area (Å²) in [6.45, 7) is 0.999. The number of ketones is 1. The second-order valence-corrected chi connectivity index (χ2v) is 4.68. The molecule has 2 unspecified atom stereocenters. The fraction of sp³-hybridized carbons (Fsp3) is 0.462. The summed E-state index contributed by atoms with van der Waals surface area (Å²) in [6.07, 6.45) is 2.90. The van der Waals surface area contributed by atoms with Gasteiger partial charge in [0.05, 0.1) is 0 Å². The van der Waals surface area contributed by atoms with Crippen LogP contribution in [0.3, 0.4) is 0 Å². The number of rotatable bonds is 1. The number of Topliss-reactive ketones (excluding diaryl/α,β-unsaturated/α-hetero) is 1. The Morgan fingerprint density at radius 2 is 2.25 bits per heavy atom. The van der Waals surface area contributed by atoms with Crippen LogP contribution in [-0.2, 0) is 6.42 Å². The Morgan fingerprint density at radius 1 is 1.38 bits per heavy atom. The summed E-state index contributed by atoms with van der Waals surface area (Å²) >= 11 is 0. The molecule has 1 aliphatic heterocycles. The van der Waals surface area contributed by atoms with Crippen molar-refractivity contribution in [3.05, 3.63) is 35.1 Å². The van der Waals surface area contributed by atoms with Crippen molar-refractivity contribution in [1.29, 1.82) is 0 Å². The Morgan fingerprint density at radius 3 is 3.00 bits per heavy atom. The van der Waals surface area contributed by atoms with Gasteiger partial charge in [-0.3, -0.25) is 4.79 Å². The molecule has 0 spiro atoms. The molecule has 1 aromatic rings. The van der Waals surface area contributed by atoms with Crippen molar-refractivity contribution < 1.29 is 9.18 Å². The van der Waals surface area contributed by atoms with Crippen molar-refractivity contribution in [3.63, 3.8) is 0 Å². The minimum absolute atomic E-state index is 0.0271. The van der Waals surface area contributed by atoms with Crippen molar-refractivity contribution in [1.82, 2.24) is 5.32 Å². The average Bonchev–Trinajstić information content (AvgIpc) is 2.86. The van der Waals surface area contributed by atoms with Crippen LogP contribution >= 0.6 is 0 Å². The maximum absolute atomic E-state index is 13.1. The molecule has 3 heteroatoms. The van der Waals surface area contributed by atoms with Crippen LogP contribution in [0.5, 0.6) is 0 Å². The minimum atomic E-state index is -0.244. The summed E-state index contributed by atoms with van der Waals surface area (Å²) in [5.74, 6) is -0.0275. The Bertz CT molecular complexity index is 438. The van der Waals surface area contributed by atoms with Crippen LogP contribution in [0.4, 0.5) is 4.39 Å². The van der Waals surface area contributed by atoms with E-state index >= 15 is 0 Å². The van der Waals surface area contributed by atoms with E-state index in [-0.39, 0.29) is 17.5 Å². The van der Waals surface area contributed by atoms with Gasteiger partial charge in [-0.25, -0.2) is 4.39 Å². The van der Waals surface area contributed by atoms with Gasteiger partial charge in [0.15, 0.2) is 5.78 Å². The minimum Gasteiger partial charge on any atom is -0.313 e. The first-order chi connectivity index (χ1) is 7.75. The molecule has 0 aromatic heterocycles. The molecule has 2 nitrogen and oxygen atoms in total. The lowest BCUT2D eigenvalue weighted by Crippen LogP contribution is -2.33. The molecule has 2 aliphatic rings. The SMILES string of the molecule is O=C1c2ccc(F)cc2CC1C1CCCN1. The number of fused-ring (bicyclic) bond motifs is 1. The molecule has 1 aliphatic carbocycles. The van der Waals surface area contributed by atoms with Crippen molar-refractivity contribution in [3.8, 4) is 0 Å². The van der Waals surface area contributed by atoms with E-state index in [0.29, 0.717) is 12.5 Å². The van der Waals surface area contributed by atoms with E-state index in [2.05, 4.69) is 5.32 Å². The third-order valence-electron chi connectivity index (χ3n) is 3.69. The second-order valence-electron chi connectivity index (χ2n) is 4.68. The number of carbonyl (C=O) groups excluding carboxylic acids is 1. The predicted octanol–water partition coefficient (Wildman–Crippen LogP) is 1.93. The van der Waals surface area contributed by atoms with E-state index in [1.807, 2.05) is 0 Å². The molecule has 1 N–H and O–H groups in total. The number of nitrogens with one attached hydrogen (secondary N) is 1. The predicted molar refractivity (Wildman–Crippen MR) is 58.9 cm³/mol. The first-order valence-corrected chi connectivity index (χ1v) is 5.82. The van der Waals surface area contributed by atoms with E-state index in [1.165, 1.54) is 12.1 Å². The lowest BCUT2D eigenvalue weighted by Gasteiger charge is -2.16. The number of hydrogen-bond acceptors (Lipinski definition) is 2. The van der Waals surface area contributed by atoms with Crippen molar-refractivity contribution in [2.24, 2.45) is 5.92 Å². The summed E-state index contributed by atoms with van der Waals surface area (Å²) in [6, 6.07) is 4.80. The molecule has 0 amide bonds. The van der Waals surface area contributed by atoms with E-state index in [4.69, 9.17) is 0 Å². The monoisotopic (exact) mass is 219 g/mol. The van der Waals surface area contributed by atoms with Crippen molar-refractivity contribution in [2.75, 3.05) is 6.54 Å². The van der Waals surface area contributed by atoms with Gasteiger partial charge in [-0.15, -0.1) is 0 Å². The largest absolute Gasteiger partial charge is 0.313 e. The molecule has 0 saturated carbocycles. The maximum Gasteiger partial charge on any atom is 0.168 e. The third-order valence-corrected chi connectivity index (χ3v) is 3.69. The highest BCUT2D eigenvalue weighted by Crippen LogP contribution is 2.31. The maximum atomic E-state index is 13.1. The molecule has 1 saturated heterocycles. The zero-order chi connectivity index (χ0) is 11.1. The van der Waals surface area contributed by atoms with Crippen LogP contribution in [0.25, 0.3) is 0 Å². The third kappa shape index (κ3) is 1.47. The topological polar surface area (TPSA) is 29.1 Å². The van der Waals surface area contributed by atoms with E-state index < -0.39 is 0 Å². The highest BCUT2D eigenvalue weighted by molar-refractivity contribution is 6.02. The summed E-state index contributed by atoms with van der Waals surface area (Å²) < 4.78 is 13.1. The van der Waals surface area contributed by atoms with Crippen LogP contribution in [0.1, 0.15) is 28.8 Å². The number of benzene rings is 1. The van der Waals surface area contributed by atoms with Crippen LogP contribution < -0.4 is 5.32 Å². The fourth-order valence-electron chi connectivity index (χ4n) is 2.88. The highest BCUT2D eigenvalue weighted by Gasteiger charge is 2.37. The van der Waals surface area contributed by atoms with Crippen molar-refractivity contribution >= 4 is 5.78 Å². The van der Waals surface area contributed by atoms with Crippen LogP contribution in [-0.4, -0.2) is 18.4 Å². The summed E-state index contributed by atoms with van der Waals surface area (Å²) in [7, 11) is 0. The van der Waals surface area contributed by atoms with Gasteiger partial charge in [0.25, 0.3) is 0 Å². The molecule has 84 valence electrons. The van der Waals surface area contributed by atoms with Crippen LogP contribution in [0, 0.1) is 11.7 Å². The molecule has 3 rings (SSSR count). The molecule has 16 heavy (non-hydrogen) atoms. The van der Waals surface area contributed by atoms with Crippen molar-refractivity contribution in [2.45, 2.75) is 25.3 Å². The molecular weight excluding hydrogens is 205 g/mol. The van der Waals surface area contributed by atoms with Gasteiger partial charge in [0, 0.05) is 17.5 Å². The molecule has 1 fully saturated rings. The standard InChI is InChI=1S/C13H14FNO/c14-9-3-4-10-8(6-9)7-11(13(10)16)12-2-1-5-15-12/h3-4,6,11-12,15H,1-2,5,7H2. The lowest BCUT2D eigenvalue weighted by atomic mass is 9.94. The number of hydrogen-bond donors (Lipinski definition) is 1. The Labute approximate surface area is 93.9 Å². The normalized spacial score (nSPS) is 28.4. The zero-order valence-corrected chi connectivity index (χ0v) is 9.00. The molecule has 2 atom stereocenters. The fourth-order valence-corrected chi connectivity index (χ4v) is 2.88. The van der Waals surface area contributed by atoms with E-state index in [0.717, 1.165) is 30.5 Å². The average molecular weight is 219 g/mol. The summed E-state index contributed by atoms with van der Waals surface area (Å²) in [5, 5.41) is 3.36. The van der Waals surface area contributed by atoms with Gasteiger partial charge >= 0.3 is 0 Å². The van der Waals surface area contributed by atoms with Gasteiger partial charge in [-0.1, -0.05) is 0 Å². The lowest BCUT2D eigenvalue weighted by molar-refractivity contribution is 0.0914. The molecule has 0 radical (unpaired) electrons. The quantitative estimate of drug-likeness (QED) is 0.782. The van der Waals surface area contributed by atoms with Gasteiger partial charge in [-0.2, -0.15) is 0 Å². The van der Waals surface area contributed by atoms with E-state index in [9.17, 15) is 9.18 Å². The number of halogens is 1. The first-order valence-electron chi connectivity index (χ1n) is 5.82. The molecule has 1 heterocycles. The number of carbonyl (C=O) groups is 1. The van der Waals surface area contributed by atoms with Crippen LogP contribution in [0.2, 0.25) is 0 Å². The van der Waals surface area contributed by atoms with E-state index in [1.54, 1.807) is 6.07 Å². The molecular formula is C13H14FNO. The Balaban J connectivity index is 1.90. The van der Waals surface area contributed by atoms with Gasteiger partial charge in [-0.05, 0) is 49.6 Å². The Hall–Kier alpha value is -1.22. The van der Waals surface area contributed by atoms with Gasteiger partial charge in [0.1, 0.15) is 5.82 Å². The van der Waals surface area contributed by atoms with Crippen LogP contribution in [0.15, 0.2) is 18.2 Å². The highest BCUT2D eigenvalue weighted by atomic mass is 19.1. The smallest absolute Gasteiger partial charge is 0.168 e. The Kier molecular flexibility index (Phi) is 2.28. The van der Waals surface area contributed by atoms with Gasteiger partial charge < -0.3 is 5.32 Å². The molecule has 0 bridgehead atoms. The summed E-state index contributed by atoms with van der Waals surface area (Å²) in [5.41, 5.74) is 1.60. The van der Waals surface area contributed by atoms with Gasteiger partial charge in [0.2, 0.25) is 0 Å². The second kappa shape index (κ2) is 3.67. The zero-order valence-electron chi connectivity index (χ0n) is 9.00. The summed E-state index contributed by atoms with van der Waals surface area (Å²) in [4.78, 5) is 12.1. The first kappa shape index (κ1) is 9.97. The molecule has 1 aromatic carbocycles.